The zero-order valence-corrected chi connectivity index (χ0v) is 7.10. The third-order valence-corrected chi connectivity index (χ3v) is 2.40. The summed E-state index contributed by atoms with van der Waals surface area (Å²) < 4.78 is 20.9. The number of nitrogens with two attached hydrogens (primary N) is 1. The van der Waals surface area contributed by atoms with E-state index < -0.39 is 10.7 Å². The molecule has 0 aliphatic heterocycles. The quantitative estimate of drug-likeness (QED) is 0.512. The van der Waals surface area contributed by atoms with Gasteiger partial charge in [0, 0.05) is 5.69 Å². The molecule has 1 aromatic rings. The first-order valence-electron chi connectivity index (χ1n) is 2.80. The van der Waals surface area contributed by atoms with Gasteiger partial charge in [-0.3, -0.25) is 0 Å². The molecular formula is C6H6ClNO2S. The fraction of sp³-hybridized carbons (Fsp3) is 0. The van der Waals surface area contributed by atoms with Crippen molar-refractivity contribution in [2.75, 3.05) is 5.73 Å². The summed E-state index contributed by atoms with van der Waals surface area (Å²) in [7, 11) is -2.62. The topological polar surface area (TPSA) is 60.2 Å². The van der Waals surface area contributed by atoms with Crippen LogP contribution in [0.2, 0.25) is 5.02 Å². The van der Waals surface area contributed by atoms with Crippen LogP contribution in [0, 0.1) is 0 Å². The highest BCUT2D eigenvalue weighted by molar-refractivity contribution is 7.72. The second-order valence-corrected chi connectivity index (χ2v) is 3.37. The summed E-state index contributed by atoms with van der Waals surface area (Å²) in [5.41, 5.74) is 5.80. The highest BCUT2D eigenvalue weighted by Gasteiger charge is 2.01. The highest BCUT2D eigenvalue weighted by atomic mass is 35.5. The number of thiol groups is 1. The van der Waals surface area contributed by atoms with Gasteiger partial charge in [-0.2, -0.15) is 0 Å². The van der Waals surface area contributed by atoms with Gasteiger partial charge in [0.25, 0.3) is 0 Å². The van der Waals surface area contributed by atoms with Crippen LogP contribution < -0.4 is 5.73 Å². The summed E-state index contributed by atoms with van der Waals surface area (Å²) in [6, 6.07) is 4.28. The molecule has 1 rings (SSSR count). The average molecular weight is 192 g/mol. The third-order valence-electron chi connectivity index (χ3n) is 1.17. The Labute approximate surface area is 70.7 Å². The van der Waals surface area contributed by atoms with Gasteiger partial charge < -0.3 is 5.73 Å². The van der Waals surface area contributed by atoms with Crippen LogP contribution in [0.4, 0.5) is 5.69 Å². The van der Waals surface area contributed by atoms with Crippen molar-refractivity contribution in [2.24, 2.45) is 0 Å². The summed E-state index contributed by atoms with van der Waals surface area (Å²) in [5.74, 6) is 0. The monoisotopic (exact) mass is 191 g/mol. The SMILES string of the molecule is Nc1ccc([SH](=O)=O)c(Cl)c1. The first-order chi connectivity index (χ1) is 5.11. The van der Waals surface area contributed by atoms with Gasteiger partial charge in [0.2, 0.25) is 0 Å². The van der Waals surface area contributed by atoms with Crippen LogP contribution in [-0.2, 0) is 10.7 Å². The van der Waals surface area contributed by atoms with Crippen molar-refractivity contribution < 1.29 is 8.42 Å². The largest absolute Gasteiger partial charge is 0.399 e. The van der Waals surface area contributed by atoms with Gasteiger partial charge in [-0.05, 0) is 18.2 Å². The zero-order valence-electron chi connectivity index (χ0n) is 5.45. The summed E-state index contributed by atoms with van der Waals surface area (Å²) in [6.45, 7) is 0. The number of rotatable bonds is 1. The van der Waals surface area contributed by atoms with E-state index >= 15 is 0 Å². The predicted molar refractivity (Wildman–Crippen MR) is 44.4 cm³/mol. The Balaban J connectivity index is 3.31. The molecule has 2 N–H and O–H groups in total. The van der Waals surface area contributed by atoms with E-state index in [1.165, 1.54) is 18.2 Å². The lowest BCUT2D eigenvalue weighted by atomic mass is 10.3. The van der Waals surface area contributed by atoms with E-state index in [0.29, 0.717) is 5.69 Å². The van der Waals surface area contributed by atoms with E-state index in [0.717, 1.165) is 0 Å². The van der Waals surface area contributed by atoms with Gasteiger partial charge in [0.1, 0.15) is 0 Å². The van der Waals surface area contributed by atoms with Crippen LogP contribution >= 0.6 is 11.6 Å². The molecule has 0 aromatic heterocycles. The molecule has 0 fully saturated rings. The van der Waals surface area contributed by atoms with Gasteiger partial charge in [-0.1, -0.05) is 11.6 Å². The fourth-order valence-corrected chi connectivity index (χ4v) is 1.50. The zero-order chi connectivity index (χ0) is 8.43. The molecule has 0 saturated heterocycles. The number of nitrogen functional groups attached to an aromatic ring is 1. The lowest BCUT2D eigenvalue weighted by Gasteiger charge is -1.96. The molecule has 0 bridgehead atoms. The molecule has 0 radical (unpaired) electrons. The molecule has 0 heterocycles. The molecule has 0 aliphatic rings. The lowest BCUT2D eigenvalue weighted by Crippen LogP contribution is -1.87. The van der Waals surface area contributed by atoms with Crippen LogP contribution in [-0.4, -0.2) is 8.42 Å². The molecule has 0 spiro atoms. The molecule has 0 atom stereocenters. The van der Waals surface area contributed by atoms with Gasteiger partial charge in [0.15, 0.2) is 10.7 Å². The Morgan fingerprint density at radius 1 is 1.36 bits per heavy atom. The van der Waals surface area contributed by atoms with Gasteiger partial charge in [-0.15, -0.1) is 0 Å². The van der Waals surface area contributed by atoms with Crippen LogP contribution in [0.1, 0.15) is 0 Å². The van der Waals surface area contributed by atoms with E-state index in [9.17, 15) is 8.42 Å². The molecule has 1 aromatic carbocycles. The molecule has 0 unspecified atom stereocenters. The Bertz CT molecular complexity index is 340. The van der Waals surface area contributed by atoms with Crippen LogP contribution in [0.25, 0.3) is 0 Å². The first kappa shape index (κ1) is 8.36. The molecule has 60 valence electrons. The standard InChI is InChI=1S/C6H6ClNO2S/c7-5-3-4(8)1-2-6(5)11(9)10/h1-3,11H,8H2. The minimum atomic E-state index is -2.62. The smallest absolute Gasteiger partial charge is 0.169 e. The number of hydrogen-bond donors (Lipinski definition) is 2. The van der Waals surface area contributed by atoms with E-state index in [1.54, 1.807) is 0 Å². The molecule has 0 aliphatic carbocycles. The maximum absolute atomic E-state index is 10.4. The highest BCUT2D eigenvalue weighted by Crippen LogP contribution is 2.19. The fourth-order valence-electron chi connectivity index (χ4n) is 0.671. The van der Waals surface area contributed by atoms with Crippen molar-refractivity contribution in [3.8, 4) is 0 Å². The van der Waals surface area contributed by atoms with Gasteiger partial charge >= 0.3 is 0 Å². The number of anilines is 1. The minimum Gasteiger partial charge on any atom is -0.399 e. The van der Waals surface area contributed by atoms with Crippen molar-refractivity contribution >= 4 is 28.0 Å². The maximum atomic E-state index is 10.4. The minimum absolute atomic E-state index is 0.107. The van der Waals surface area contributed by atoms with Crippen molar-refractivity contribution in [3.63, 3.8) is 0 Å². The molecule has 3 nitrogen and oxygen atoms in total. The van der Waals surface area contributed by atoms with Crippen molar-refractivity contribution in [3.05, 3.63) is 23.2 Å². The van der Waals surface area contributed by atoms with Gasteiger partial charge in [0.05, 0.1) is 9.92 Å². The van der Waals surface area contributed by atoms with Crippen LogP contribution in [0.15, 0.2) is 23.1 Å². The maximum Gasteiger partial charge on any atom is 0.169 e. The van der Waals surface area contributed by atoms with Gasteiger partial charge in [-0.25, -0.2) is 8.42 Å². The van der Waals surface area contributed by atoms with E-state index in [-0.39, 0.29) is 9.92 Å². The summed E-state index contributed by atoms with van der Waals surface area (Å²) in [5, 5.41) is 0.168. The summed E-state index contributed by atoms with van der Waals surface area (Å²) in [6.07, 6.45) is 0. The normalized spacial score (nSPS) is 10.4. The van der Waals surface area contributed by atoms with E-state index in [2.05, 4.69) is 0 Å². The summed E-state index contributed by atoms with van der Waals surface area (Å²) in [4.78, 5) is 0.107. The van der Waals surface area contributed by atoms with Crippen molar-refractivity contribution in [2.45, 2.75) is 4.90 Å². The molecular weight excluding hydrogens is 186 g/mol. The number of hydrogen-bond acceptors (Lipinski definition) is 3. The molecule has 11 heavy (non-hydrogen) atoms. The third kappa shape index (κ3) is 1.85. The molecule has 0 saturated carbocycles. The van der Waals surface area contributed by atoms with Crippen molar-refractivity contribution in [1.29, 1.82) is 0 Å². The summed E-state index contributed by atoms with van der Waals surface area (Å²) >= 11 is 5.56. The van der Waals surface area contributed by atoms with Crippen molar-refractivity contribution in [1.82, 2.24) is 0 Å². The molecule has 5 heteroatoms. The predicted octanol–water partition coefficient (Wildman–Crippen LogP) is 0.893. The first-order valence-corrected chi connectivity index (χ1v) is 4.36. The Hall–Kier alpha value is -0.740. The molecule has 0 amide bonds. The Morgan fingerprint density at radius 3 is 2.45 bits per heavy atom. The Morgan fingerprint density at radius 2 is 2.00 bits per heavy atom. The van der Waals surface area contributed by atoms with Crippen LogP contribution in [0.5, 0.6) is 0 Å². The van der Waals surface area contributed by atoms with E-state index in [1.807, 2.05) is 0 Å². The van der Waals surface area contributed by atoms with E-state index in [4.69, 9.17) is 17.3 Å². The lowest BCUT2D eigenvalue weighted by molar-refractivity contribution is 0.614. The number of benzene rings is 1. The second-order valence-electron chi connectivity index (χ2n) is 1.97. The van der Waals surface area contributed by atoms with Crippen LogP contribution in [0.3, 0.4) is 0 Å². The average Bonchev–Trinajstić information content (AvgIpc) is 1.85. The Kier molecular flexibility index (Phi) is 2.36. The number of halogens is 1. The second kappa shape index (κ2) is 3.11.